The molecule has 2 heterocycles. The maximum Gasteiger partial charge on any atom is 0.270 e. The second-order valence-electron chi connectivity index (χ2n) is 9.44. The second-order valence-corrected chi connectivity index (χ2v) is 9.44. The van der Waals surface area contributed by atoms with Crippen LogP contribution in [0.15, 0.2) is 54.6 Å². The fourth-order valence-corrected chi connectivity index (χ4v) is 4.71. The van der Waals surface area contributed by atoms with Crippen LogP contribution in [-0.2, 0) is 0 Å². The molecule has 158 valence electrons. The lowest BCUT2D eigenvalue weighted by Gasteiger charge is -2.23. The molecule has 4 aromatic rings. The summed E-state index contributed by atoms with van der Waals surface area (Å²) in [7, 11) is 0. The van der Waals surface area contributed by atoms with Gasteiger partial charge >= 0.3 is 0 Å². The number of rotatable bonds is 4. The van der Waals surface area contributed by atoms with Crippen molar-refractivity contribution in [3.63, 3.8) is 0 Å². The molecular weight excluding hydrogens is 380 g/mol. The third-order valence-electron chi connectivity index (χ3n) is 6.31. The molecule has 0 atom stereocenters. The van der Waals surface area contributed by atoms with Crippen LogP contribution < -0.4 is 9.30 Å². The first-order valence-electron chi connectivity index (χ1n) is 11.3. The van der Waals surface area contributed by atoms with Gasteiger partial charge in [0, 0.05) is 0 Å². The smallest absolute Gasteiger partial charge is 0.270 e. The molecule has 0 unspecified atom stereocenters. The molecule has 3 nitrogen and oxygen atoms in total. The molecule has 0 saturated heterocycles. The summed E-state index contributed by atoms with van der Waals surface area (Å²) in [5.74, 6) is 3.04. The van der Waals surface area contributed by atoms with E-state index < -0.39 is 0 Å². The van der Waals surface area contributed by atoms with Crippen molar-refractivity contribution in [1.82, 2.24) is 4.57 Å². The maximum absolute atomic E-state index is 6.49. The molecule has 0 saturated carbocycles. The highest BCUT2D eigenvalue weighted by Gasteiger charge is 2.27. The van der Waals surface area contributed by atoms with Gasteiger partial charge in [-0.2, -0.15) is 0 Å². The van der Waals surface area contributed by atoms with E-state index in [9.17, 15) is 0 Å². The van der Waals surface area contributed by atoms with Crippen LogP contribution in [0, 0.1) is 6.33 Å². The highest BCUT2D eigenvalue weighted by atomic mass is 16.5. The summed E-state index contributed by atoms with van der Waals surface area (Å²) in [5, 5.41) is 0. The van der Waals surface area contributed by atoms with E-state index in [0.29, 0.717) is 17.8 Å². The Labute approximate surface area is 184 Å². The van der Waals surface area contributed by atoms with Crippen LogP contribution in [0.5, 0.6) is 11.5 Å². The Kier molecular flexibility index (Phi) is 4.65. The van der Waals surface area contributed by atoms with Crippen LogP contribution in [0.3, 0.4) is 0 Å². The Balaban J connectivity index is 1.87. The van der Waals surface area contributed by atoms with Crippen LogP contribution in [-0.4, -0.2) is 4.57 Å². The summed E-state index contributed by atoms with van der Waals surface area (Å²) in [4.78, 5) is 0. The molecule has 1 aliphatic heterocycles. The molecule has 0 fully saturated rings. The van der Waals surface area contributed by atoms with Crippen molar-refractivity contribution in [3.05, 3.63) is 77.6 Å². The topological polar surface area (TPSA) is 18.0 Å². The monoisotopic (exact) mass is 410 g/mol. The fourth-order valence-electron chi connectivity index (χ4n) is 4.71. The number of hydrogen-bond donors (Lipinski definition) is 0. The number of benzene rings is 3. The minimum atomic E-state index is 0.382. The van der Waals surface area contributed by atoms with Gasteiger partial charge < -0.3 is 4.74 Å². The Morgan fingerprint density at radius 3 is 1.97 bits per heavy atom. The van der Waals surface area contributed by atoms with Gasteiger partial charge in [0.2, 0.25) is 0 Å². The lowest BCUT2D eigenvalue weighted by Crippen LogP contribution is -2.33. The first-order chi connectivity index (χ1) is 14.9. The molecule has 0 aliphatic carbocycles. The minimum Gasteiger partial charge on any atom is -0.465 e. The average molecular weight is 411 g/mol. The van der Waals surface area contributed by atoms with E-state index in [-0.39, 0.29) is 0 Å². The zero-order valence-corrected chi connectivity index (χ0v) is 19.2. The quantitative estimate of drug-likeness (QED) is 0.227. The first kappa shape index (κ1) is 19.9. The van der Waals surface area contributed by atoms with Crippen molar-refractivity contribution in [2.75, 3.05) is 0 Å². The summed E-state index contributed by atoms with van der Waals surface area (Å²) in [6, 6.07) is 19.4. The highest BCUT2D eigenvalue weighted by molar-refractivity contribution is 5.83. The van der Waals surface area contributed by atoms with Gasteiger partial charge in [0.15, 0.2) is 0 Å². The van der Waals surface area contributed by atoms with Gasteiger partial charge in [-0.3, -0.25) is 9.13 Å². The van der Waals surface area contributed by atoms with Gasteiger partial charge in [-0.15, -0.1) is 0 Å². The van der Waals surface area contributed by atoms with E-state index >= 15 is 0 Å². The van der Waals surface area contributed by atoms with E-state index in [4.69, 9.17) is 4.74 Å². The maximum atomic E-state index is 6.49. The number of ether oxygens (including phenoxy) is 1. The normalized spacial score (nSPS) is 12.7. The molecule has 0 spiro atoms. The van der Waals surface area contributed by atoms with Gasteiger partial charge in [-0.1, -0.05) is 84.0 Å². The van der Waals surface area contributed by atoms with Crippen LogP contribution in [0.4, 0.5) is 0 Å². The predicted molar refractivity (Wildman–Crippen MR) is 126 cm³/mol. The number of fused-ring (bicyclic) bond motifs is 2. The summed E-state index contributed by atoms with van der Waals surface area (Å²) in [5.41, 5.74) is 8.40. The van der Waals surface area contributed by atoms with Gasteiger partial charge in [-0.05, 0) is 46.6 Å². The third-order valence-corrected chi connectivity index (χ3v) is 6.31. The number of imidazole rings is 1. The minimum absolute atomic E-state index is 0.382. The van der Waals surface area contributed by atoms with Crippen LogP contribution in [0.25, 0.3) is 22.4 Å². The SMILES string of the molecule is CC(C)c1cccc2c1Oc1cccc3c1[n+]-2[c-]n3-c1c(C(C)C)cccc1C(C)C. The summed E-state index contributed by atoms with van der Waals surface area (Å²) < 4.78 is 10.9. The van der Waals surface area contributed by atoms with E-state index in [1.807, 2.05) is 0 Å². The lowest BCUT2D eigenvalue weighted by molar-refractivity contribution is -0.575. The highest BCUT2D eigenvalue weighted by Crippen LogP contribution is 2.42. The number of hydrogen-bond acceptors (Lipinski definition) is 1. The number of aromatic nitrogens is 2. The van der Waals surface area contributed by atoms with E-state index in [0.717, 1.165) is 28.2 Å². The van der Waals surface area contributed by atoms with E-state index in [1.165, 1.54) is 22.4 Å². The number of para-hydroxylation sites is 3. The zero-order chi connectivity index (χ0) is 21.9. The predicted octanol–water partition coefficient (Wildman–Crippen LogP) is 7.18. The second kappa shape index (κ2) is 7.26. The summed E-state index contributed by atoms with van der Waals surface area (Å²) in [6.07, 6.45) is 3.71. The first-order valence-corrected chi connectivity index (χ1v) is 11.3. The zero-order valence-electron chi connectivity index (χ0n) is 19.2. The molecule has 1 aliphatic rings. The molecule has 0 radical (unpaired) electrons. The van der Waals surface area contributed by atoms with Crippen LogP contribution >= 0.6 is 0 Å². The molecule has 0 bridgehead atoms. The lowest BCUT2D eigenvalue weighted by atomic mass is 9.92. The van der Waals surface area contributed by atoms with Crippen molar-refractivity contribution in [2.45, 2.75) is 59.3 Å². The van der Waals surface area contributed by atoms with Crippen LogP contribution in [0.2, 0.25) is 0 Å². The molecule has 0 N–H and O–H groups in total. The molecule has 31 heavy (non-hydrogen) atoms. The molecule has 0 amide bonds. The van der Waals surface area contributed by atoms with Crippen LogP contribution in [0.1, 0.15) is 76.0 Å². The van der Waals surface area contributed by atoms with E-state index in [1.54, 1.807) is 0 Å². The molecule has 3 aromatic carbocycles. The van der Waals surface area contributed by atoms with Gasteiger partial charge in [-0.25, -0.2) is 0 Å². The Morgan fingerprint density at radius 2 is 1.32 bits per heavy atom. The fraction of sp³-hybridized carbons (Fsp3) is 0.321. The van der Waals surface area contributed by atoms with Crippen molar-refractivity contribution in [1.29, 1.82) is 0 Å². The largest absolute Gasteiger partial charge is 0.465 e. The summed E-state index contributed by atoms with van der Waals surface area (Å²) >= 11 is 0. The Bertz CT molecular complexity index is 1270. The van der Waals surface area contributed by atoms with Crippen molar-refractivity contribution in [3.8, 4) is 22.9 Å². The van der Waals surface area contributed by atoms with Gasteiger partial charge in [0.05, 0.1) is 11.2 Å². The molecule has 1 aromatic heterocycles. The average Bonchev–Trinajstić information content (AvgIpc) is 3.13. The summed E-state index contributed by atoms with van der Waals surface area (Å²) in [6.45, 7) is 13.5. The van der Waals surface area contributed by atoms with Crippen molar-refractivity contribution >= 4 is 11.0 Å². The van der Waals surface area contributed by atoms with Gasteiger partial charge in [0.25, 0.3) is 6.33 Å². The Morgan fingerprint density at radius 1 is 0.742 bits per heavy atom. The number of nitrogens with zero attached hydrogens (tertiary/aromatic N) is 2. The molecule has 5 rings (SSSR count). The Hall–Kier alpha value is -3.07. The standard InChI is InChI=1S/C28H30N2O/c1-17(2)20-10-7-11-21(18(3)4)26(20)29-16-30-24-14-8-12-22(19(5)6)28(24)31-25-15-9-13-23(29)27(25)30/h7-15,17-19H,1-6H3. The van der Waals surface area contributed by atoms with E-state index in [2.05, 4.69) is 112 Å². The molecular formula is C28H30N2O. The van der Waals surface area contributed by atoms with Gasteiger partial charge in [0.1, 0.15) is 22.7 Å². The van der Waals surface area contributed by atoms with Crippen molar-refractivity contribution in [2.24, 2.45) is 0 Å². The van der Waals surface area contributed by atoms with Crippen molar-refractivity contribution < 1.29 is 9.30 Å². The molecule has 3 heteroatoms. The third kappa shape index (κ3) is 2.98.